The highest BCUT2D eigenvalue weighted by molar-refractivity contribution is 8.00. The van der Waals surface area contributed by atoms with Crippen LogP contribution in [0.15, 0.2) is 0 Å². The van der Waals surface area contributed by atoms with Crippen LogP contribution in [0.1, 0.15) is 27.0 Å². The molecule has 1 atom stereocenters. The molecule has 0 aliphatic carbocycles. The van der Waals surface area contributed by atoms with Crippen molar-refractivity contribution in [2.75, 3.05) is 43.6 Å². The highest BCUT2D eigenvalue weighted by Gasteiger charge is 2.29. The minimum absolute atomic E-state index is 0.201. The summed E-state index contributed by atoms with van der Waals surface area (Å²) in [7, 11) is 3.31. The standard InChI is InChI=1S/C13H20N4O2S2/c1-7-6-17(4-5-20-7)13-8(11(15)18)9(14)10(21-13)12(19)16(2)3/h7H,4-6,14H2,1-3H3,(H2,15,18). The molecule has 1 aliphatic rings. The second-order valence-corrected chi connectivity index (χ2v) is 7.76. The lowest BCUT2D eigenvalue weighted by atomic mass is 10.2. The van der Waals surface area contributed by atoms with Crippen molar-refractivity contribution in [1.82, 2.24) is 4.90 Å². The second-order valence-electron chi connectivity index (χ2n) is 5.22. The molecule has 0 saturated carbocycles. The van der Waals surface area contributed by atoms with Crippen LogP contribution < -0.4 is 16.4 Å². The number of hydrogen-bond acceptors (Lipinski definition) is 6. The molecular formula is C13H20N4O2S2. The lowest BCUT2D eigenvalue weighted by Gasteiger charge is -2.31. The highest BCUT2D eigenvalue weighted by atomic mass is 32.2. The van der Waals surface area contributed by atoms with Gasteiger partial charge in [0, 0.05) is 38.2 Å². The predicted molar refractivity (Wildman–Crippen MR) is 89.4 cm³/mol. The summed E-state index contributed by atoms with van der Waals surface area (Å²) in [6.07, 6.45) is 0. The van der Waals surface area contributed by atoms with Crippen LogP contribution in [-0.4, -0.2) is 54.9 Å². The van der Waals surface area contributed by atoms with Crippen molar-refractivity contribution in [3.63, 3.8) is 0 Å². The van der Waals surface area contributed by atoms with Crippen LogP contribution in [0, 0.1) is 0 Å². The van der Waals surface area contributed by atoms with Crippen molar-refractivity contribution in [2.45, 2.75) is 12.2 Å². The first-order chi connectivity index (χ1) is 9.82. The van der Waals surface area contributed by atoms with E-state index in [-0.39, 0.29) is 17.2 Å². The van der Waals surface area contributed by atoms with E-state index < -0.39 is 5.91 Å². The molecule has 116 valence electrons. The molecule has 0 bridgehead atoms. The Bertz CT molecular complexity index is 571. The van der Waals surface area contributed by atoms with Crippen molar-refractivity contribution in [1.29, 1.82) is 0 Å². The van der Waals surface area contributed by atoms with Gasteiger partial charge in [0.05, 0.1) is 11.3 Å². The maximum atomic E-state index is 12.2. The number of rotatable bonds is 3. The number of amides is 2. The molecule has 2 heterocycles. The van der Waals surface area contributed by atoms with Crippen LogP contribution in [-0.2, 0) is 0 Å². The maximum absolute atomic E-state index is 12.2. The van der Waals surface area contributed by atoms with Crippen LogP contribution in [0.5, 0.6) is 0 Å². The molecule has 21 heavy (non-hydrogen) atoms. The van der Waals surface area contributed by atoms with Gasteiger partial charge in [-0.05, 0) is 0 Å². The van der Waals surface area contributed by atoms with Crippen LogP contribution in [0.2, 0.25) is 0 Å². The van der Waals surface area contributed by atoms with Gasteiger partial charge >= 0.3 is 0 Å². The van der Waals surface area contributed by atoms with E-state index in [2.05, 4.69) is 11.8 Å². The van der Waals surface area contributed by atoms with Gasteiger partial charge < -0.3 is 21.3 Å². The maximum Gasteiger partial charge on any atom is 0.265 e. The van der Waals surface area contributed by atoms with E-state index in [9.17, 15) is 9.59 Å². The molecule has 0 aromatic carbocycles. The van der Waals surface area contributed by atoms with Gasteiger partial charge in [-0.1, -0.05) is 6.92 Å². The summed E-state index contributed by atoms with van der Waals surface area (Å²) >= 11 is 3.15. The molecule has 6 nitrogen and oxygen atoms in total. The SMILES string of the molecule is CC1CN(c2sc(C(=O)N(C)C)c(N)c2C(N)=O)CCS1. The van der Waals surface area contributed by atoms with Gasteiger partial charge in [-0.3, -0.25) is 9.59 Å². The fraction of sp³-hybridized carbons (Fsp3) is 0.538. The fourth-order valence-corrected chi connectivity index (χ4v) is 4.55. The van der Waals surface area contributed by atoms with Crippen LogP contribution in [0.4, 0.5) is 10.7 Å². The number of nitrogens with two attached hydrogens (primary N) is 2. The van der Waals surface area contributed by atoms with Crippen LogP contribution in [0.25, 0.3) is 0 Å². The molecule has 1 unspecified atom stereocenters. The first kappa shape index (κ1) is 16.0. The Morgan fingerprint density at radius 2 is 2.05 bits per heavy atom. The molecule has 8 heteroatoms. The summed E-state index contributed by atoms with van der Waals surface area (Å²) in [5.74, 6) is 0.196. The van der Waals surface area contributed by atoms with Gasteiger partial charge in [0.1, 0.15) is 9.88 Å². The van der Waals surface area contributed by atoms with Gasteiger partial charge in [0.15, 0.2) is 0 Å². The zero-order chi connectivity index (χ0) is 15.7. The Morgan fingerprint density at radius 1 is 1.38 bits per heavy atom. The number of thioether (sulfide) groups is 1. The Hall–Kier alpha value is -1.41. The predicted octanol–water partition coefficient (Wildman–Crippen LogP) is 1.07. The number of carbonyl (C=O) groups excluding carboxylic acids is 2. The molecule has 1 aromatic heterocycles. The number of carbonyl (C=O) groups is 2. The van der Waals surface area contributed by atoms with Crippen molar-refractivity contribution in [3.8, 4) is 0 Å². The third kappa shape index (κ3) is 3.11. The summed E-state index contributed by atoms with van der Waals surface area (Å²) in [5.41, 5.74) is 12.0. The van der Waals surface area contributed by atoms with Gasteiger partial charge in [-0.2, -0.15) is 11.8 Å². The lowest BCUT2D eigenvalue weighted by molar-refractivity contribution is 0.0833. The number of nitrogen functional groups attached to an aromatic ring is 1. The third-order valence-electron chi connectivity index (χ3n) is 3.30. The number of thiophene rings is 1. The number of hydrogen-bond donors (Lipinski definition) is 2. The number of nitrogens with zero attached hydrogens (tertiary/aromatic N) is 2. The molecule has 0 spiro atoms. The molecule has 0 radical (unpaired) electrons. The Morgan fingerprint density at radius 3 is 2.57 bits per heavy atom. The zero-order valence-corrected chi connectivity index (χ0v) is 14.0. The smallest absolute Gasteiger partial charge is 0.265 e. The molecule has 1 saturated heterocycles. The highest BCUT2D eigenvalue weighted by Crippen LogP contribution is 2.40. The van der Waals surface area contributed by atoms with E-state index in [0.29, 0.717) is 10.1 Å². The quantitative estimate of drug-likeness (QED) is 0.866. The summed E-state index contributed by atoms with van der Waals surface area (Å²) in [5, 5.41) is 1.19. The molecule has 4 N–H and O–H groups in total. The molecular weight excluding hydrogens is 308 g/mol. The normalized spacial score (nSPS) is 18.6. The zero-order valence-electron chi connectivity index (χ0n) is 12.4. The largest absolute Gasteiger partial charge is 0.397 e. The van der Waals surface area contributed by atoms with E-state index in [1.807, 2.05) is 11.8 Å². The molecule has 1 aromatic rings. The van der Waals surface area contributed by atoms with Crippen molar-refractivity contribution in [2.24, 2.45) is 5.73 Å². The number of anilines is 2. The van der Waals surface area contributed by atoms with Gasteiger partial charge in [-0.25, -0.2) is 0 Å². The summed E-state index contributed by atoms with van der Waals surface area (Å²) in [6, 6.07) is 0. The fourth-order valence-electron chi connectivity index (χ4n) is 2.26. The first-order valence-corrected chi connectivity index (χ1v) is 8.49. The van der Waals surface area contributed by atoms with Gasteiger partial charge in [-0.15, -0.1) is 11.3 Å². The topological polar surface area (TPSA) is 92.7 Å². The van der Waals surface area contributed by atoms with Crippen LogP contribution >= 0.6 is 23.1 Å². The summed E-state index contributed by atoms with van der Waals surface area (Å²) in [6.45, 7) is 3.79. The minimum atomic E-state index is -0.581. The molecule has 2 rings (SSSR count). The van der Waals surface area contributed by atoms with Crippen molar-refractivity contribution in [3.05, 3.63) is 10.4 Å². The Labute approximate surface area is 132 Å². The second kappa shape index (κ2) is 6.15. The van der Waals surface area contributed by atoms with Crippen molar-refractivity contribution < 1.29 is 9.59 Å². The summed E-state index contributed by atoms with van der Waals surface area (Å²) < 4.78 is 0. The van der Waals surface area contributed by atoms with Gasteiger partial charge in [0.2, 0.25) is 0 Å². The monoisotopic (exact) mass is 328 g/mol. The molecule has 2 amide bonds. The van der Waals surface area contributed by atoms with Gasteiger partial charge in [0.25, 0.3) is 11.8 Å². The molecule has 1 fully saturated rings. The van der Waals surface area contributed by atoms with Crippen LogP contribution in [0.3, 0.4) is 0 Å². The average Bonchev–Trinajstić information content (AvgIpc) is 2.75. The van der Waals surface area contributed by atoms with E-state index in [1.165, 1.54) is 16.2 Å². The summed E-state index contributed by atoms with van der Waals surface area (Å²) in [4.78, 5) is 27.9. The Kier molecular flexibility index (Phi) is 4.67. The third-order valence-corrected chi connectivity index (χ3v) is 5.69. The van der Waals surface area contributed by atoms with E-state index in [1.54, 1.807) is 14.1 Å². The number of primary amides is 1. The minimum Gasteiger partial charge on any atom is -0.397 e. The van der Waals surface area contributed by atoms with E-state index in [0.717, 1.165) is 23.8 Å². The average molecular weight is 328 g/mol. The van der Waals surface area contributed by atoms with E-state index >= 15 is 0 Å². The first-order valence-electron chi connectivity index (χ1n) is 6.63. The van der Waals surface area contributed by atoms with E-state index in [4.69, 9.17) is 11.5 Å². The molecule has 1 aliphatic heterocycles. The lowest BCUT2D eigenvalue weighted by Crippen LogP contribution is -2.37. The Balaban J connectivity index is 2.47. The van der Waals surface area contributed by atoms with Crippen molar-refractivity contribution >= 4 is 45.6 Å².